The molecule has 4 rings (SSSR count). The Labute approximate surface area is 163 Å². The monoisotopic (exact) mass is 381 g/mol. The van der Waals surface area contributed by atoms with E-state index in [1.165, 1.54) is 12.5 Å². The van der Waals surface area contributed by atoms with Crippen LogP contribution in [0.4, 0.5) is 11.5 Å². The van der Waals surface area contributed by atoms with Gasteiger partial charge in [0.25, 0.3) is 0 Å². The van der Waals surface area contributed by atoms with Crippen LogP contribution in [0.5, 0.6) is 5.88 Å². The summed E-state index contributed by atoms with van der Waals surface area (Å²) in [5, 5.41) is 16.2. The molecule has 0 spiro atoms. The predicted octanol–water partition coefficient (Wildman–Crippen LogP) is 1.56. The smallest absolute Gasteiger partial charge is 0.214 e. The third-order valence-electron chi connectivity index (χ3n) is 4.49. The molecule has 28 heavy (non-hydrogen) atoms. The lowest BCUT2D eigenvalue weighted by molar-refractivity contribution is 0.232. The molecule has 0 aliphatic carbocycles. The third-order valence-corrected chi connectivity index (χ3v) is 4.49. The summed E-state index contributed by atoms with van der Waals surface area (Å²) < 4.78 is 7.60. The molecule has 0 aromatic carbocycles. The van der Waals surface area contributed by atoms with E-state index in [4.69, 9.17) is 15.9 Å². The normalized spacial score (nSPS) is 14.2. The zero-order valence-corrected chi connectivity index (χ0v) is 15.6. The van der Waals surface area contributed by atoms with Gasteiger partial charge in [-0.3, -0.25) is 5.41 Å². The van der Waals surface area contributed by atoms with E-state index < -0.39 is 0 Å². The highest BCUT2D eigenvalue weighted by Crippen LogP contribution is 2.27. The fraction of sp³-hybridized carbons (Fsp3) is 0.333. The van der Waals surface area contributed by atoms with E-state index in [2.05, 4.69) is 30.0 Å². The van der Waals surface area contributed by atoms with Crippen molar-refractivity contribution < 1.29 is 6.16 Å². The average Bonchev–Trinajstić information content (AvgIpc) is 3.15. The van der Waals surface area contributed by atoms with E-state index in [1.54, 1.807) is 24.8 Å². The molecule has 0 bridgehead atoms. The number of nitrogen functional groups attached to an aromatic ring is 1. The van der Waals surface area contributed by atoms with Crippen molar-refractivity contribution in [2.75, 3.05) is 23.7 Å². The highest BCUT2D eigenvalue weighted by molar-refractivity contribution is 6.13. The zero-order valence-electron chi connectivity index (χ0n) is 15.6. The molecule has 4 heterocycles. The summed E-state index contributed by atoms with van der Waals surface area (Å²) in [7, 11) is 0. The van der Waals surface area contributed by atoms with Crippen LogP contribution < -0.4 is 15.4 Å². The molecule has 0 amide bonds. The van der Waals surface area contributed by atoms with Crippen molar-refractivity contribution in [1.29, 1.82) is 5.41 Å². The van der Waals surface area contributed by atoms with Gasteiger partial charge in [-0.25, -0.2) is 15.0 Å². The maximum atomic E-state index is 8.56. The topological polar surface area (TPSA) is 132 Å². The van der Waals surface area contributed by atoms with Crippen molar-refractivity contribution in [3.63, 3.8) is 0 Å². The fourth-order valence-corrected chi connectivity index (χ4v) is 2.99. The maximum Gasteiger partial charge on any atom is 0.214 e. The number of ether oxygens (including phenoxy) is 1. The minimum atomic E-state index is -0.0196. The van der Waals surface area contributed by atoms with Gasteiger partial charge in [0, 0.05) is 32.2 Å². The molecular formula is C18H23N9O. The minimum absolute atomic E-state index is 0. The Morgan fingerprint density at radius 1 is 1.21 bits per heavy atom. The number of nitrogens with one attached hydrogen (secondary N) is 1. The molecule has 10 heteroatoms. The predicted molar refractivity (Wildman–Crippen MR) is 106 cm³/mol. The Morgan fingerprint density at radius 3 is 2.68 bits per heavy atom. The number of rotatable bonds is 6. The second kappa shape index (κ2) is 7.22. The van der Waals surface area contributed by atoms with E-state index in [0.29, 0.717) is 28.9 Å². The quantitative estimate of drug-likeness (QED) is 0.615. The molecule has 10 nitrogen and oxygen atoms in total. The Kier molecular flexibility index (Phi) is 4.60. The molecule has 3 aromatic rings. The SMILES string of the molecule is CC(C)Oc1cc(C(=N)c2cc(N3CC(n4cnnc4)C3)ncn2)c(N)cn1.[HH]. The van der Waals surface area contributed by atoms with Gasteiger partial charge in [0.1, 0.15) is 24.8 Å². The van der Waals surface area contributed by atoms with Gasteiger partial charge >= 0.3 is 0 Å². The number of nitrogens with zero attached hydrogens (tertiary/aromatic N) is 7. The van der Waals surface area contributed by atoms with E-state index in [0.717, 1.165) is 18.9 Å². The van der Waals surface area contributed by atoms with Gasteiger partial charge in [0.05, 0.1) is 35.4 Å². The first-order valence-electron chi connectivity index (χ1n) is 8.94. The van der Waals surface area contributed by atoms with Gasteiger partial charge in [0.2, 0.25) is 5.88 Å². The van der Waals surface area contributed by atoms with Gasteiger partial charge in [-0.2, -0.15) is 0 Å². The summed E-state index contributed by atoms with van der Waals surface area (Å²) in [6.45, 7) is 5.43. The van der Waals surface area contributed by atoms with Crippen LogP contribution in [0.1, 0.15) is 32.6 Å². The Hall–Kier alpha value is -3.56. The Morgan fingerprint density at radius 2 is 1.96 bits per heavy atom. The first-order valence-corrected chi connectivity index (χ1v) is 8.94. The van der Waals surface area contributed by atoms with Gasteiger partial charge in [-0.15, -0.1) is 10.2 Å². The van der Waals surface area contributed by atoms with Crippen LogP contribution in [0.25, 0.3) is 0 Å². The van der Waals surface area contributed by atoms with Crippen molar-refractivity contribution in [2.24, 2.45) is 0 Å². The first-order chi connectivity index (χ1) is 13.5. The summed E-state index contributed by atoms with van der Waals surface area (Å²) in [5.41, 5.74) is 7.66. The lowest BCUT2D eigenvalue weighted by Gasteiger charge is -2.40. The van der Waals surface area contributed by atoms with Gasteiger partial charge in [-0.05, 0) is 13.8 Å². The maximum absolute atomic E-state index is 8.56. The lowest BCUT2D eigenvalue weighted by Crippen LogP contribution is -2.48. The zero-order chi connectivity index (χ0) is 19.7. The van der Waals surface area contributed by atoms with Crippen molar-refractivity contribution in [1.82, 2.24) is 29.7 Å². The van der Waals surface area contributed by atoms with Gasteiger partial charge in [-0.1, -0.05) is 0 Å². The lowest BCUT2D eigenvalue weighted by atomic mass is 10.1. The highest BCUT2D eigenvalue weighted by atomic mass is 16.5. The van der Waals surface area contributed by atoms with E-state index in [1.807, 2.05) is 18.4 Å². The summed E-state index contributed by atoms with van der Waals surface area (Å²) in [4.78, 5) is 14.9. The molecule has 0 saturated carbocycles. The van der Waals surface area contributed by atoms with Crippen molar-refractivity contribution in [3.8, 4) is 5.88 Å². The molecule has 0 atom stereocenters. The number of aromatic nitrogens is 6. The summed E-state index contributed by atoms with van der Waals surface area (Å²) in [6, 6.07) is 3.79. The number of nitrogens with two attached hydrogens (primary N) is 1. The number of hydrogen-bond acceptors (Lipinski definition) is 9. The van der Waals surface area contributed by atoms with Crippen molar-refractivity contribution in [3.05, 3.63) is 48.6 Å². The van der Waals surface area contributed by atoms with E-state index in [9.17, 15) is 0 Å². The molecule has 3 N–H and O–H groups in total. The van der Waals surface area contributed by atoms with Gasteiger partial charge in [0.15, 0.2) is 0 Å². The van der Waals surface area contributed by atoms with Crippen molar-refractivity contribution in [2.45, 2.75) is 26.0 Å². The molecule has 1 fully saturated rings. The van der Waals surface area contributed by atoms with Crippen LogP contribution in [-0.4, -0.2) is 54.6 Å². The summed E-state index contributed by atoms with van der Waals surface area (Å²) in [5.74, 6) is 1.20. The van der Waals surface area contributed by atoms with E-state index >= 15 is 0 Å². The van der Waals surface area contributed by atoms with Crippen LogP contribution in [0.2, 0.25) is 0 Å². The van der Waals surface area contributed by atoms with Crippen molar-refractivity contribution >= 4 is 17.2 Å². The number of anilines is 2. The van der Waals surface area contributed by atoms with Crippen LogP contribution >= 0.6 is 0 Å². The standard InChI is InChI=1S/C18H21N9O.H2/c1-11(2)28-17-3-13(14(19)5-21-17)18(20)15-4-16(23-8-22-15)26-6-12(7-26)27-9-24-25-10-27;/h3-5,8-12,20H,6-7,19H2,1-2H3;1H. The number of hydrogen-bond donors (Lipinski definition) is 2. The minimum Gasteiger partial charge on any atom is -0.475 e. The van der Waals surface area contributed by atoms with Crippen LogP contribution in [0, 0.1) is 5.41 Å². The third kappa shape index (κ3) is 3.48. The molecule has 1 saturated heterocycles. The average molecular weight is 381 g/mol. The van der Waals surface area contributed by atoms with Crippen LogP contribution in [0.15, 0.2) is 37.3 Å². The first kappa shape index (κ1) is 17.8. The molecule has 1 aliphatic rings. The Balaban J connectivity index is 0.00000240. The molecule has 1 aliphatic heterocycles. The molecule has 146 valence electrons. The summed E-state index contributed by atoms with van der Waals surface area (Å²) in [6.07, 6.45) is 6.38. The highest BCUT2D eigenvalue weighted by Gasteiger charge is 2.29. The Bertz CT molecular complexity index is 987. The second-order valence-electron chi connectivity index (χ2n) is 6.88. The van der Waals surface area contributed by atoms with Gasteiger partial charge < -0.3 is 19.9 Å². The fourth-order valence-electron chi connectivity index (χ4n) is 2.99. The molecule has 0 radical (unpaired) electrons. The summed E-state index contributed by atoms with van der Waals surface area (Å²) >= 11 is 0. The van der Waals surface area contributed by atoms with Crippen LogP contribution in [0.3, 0.4) is 0 Å². The second-order valence-corrected chi connectivity index (χ2v) is 6.88. The van der Waals surface area contributed by atoms with Crippen LogP contribution in [-0.2, 0) is 0 Å². The largest absolute Gasteiger partial charge is 0.475 e. The molecular weight excluding hydrogens is 358 g/mol. The molecule has 3 aromatic heterocycles. The number of pyridine rings is 1. The molecule has 0 unspecified atom stereocenters. The van der Waals surface area contributed by atoms with E-state index in [-0.39, 0.29) is 13.2 Å².